The first-order chi connectivity index (χ1) is 15.2. The summed E-state index contributed by atoms with van der Waals surface area (Å²) in [4.78, 5) is 9.83. The summed E-state index contributed by atoms with van der Waals surface area (Å²) in [7, 11) is 4.98. The molecular formula is C24H30N4O3. The number of amidine groups is 1. The molecule has 0 aliphatic carbocycles. The number of methoxy groups -OCH3 is 3. The van der Waals surface area contributed by atoms with Crippen LogP contribution in [-0.2, 0) is 6.54 Å². The van der Waals surface area contributed by atoms with E-state index in [9.17, 15) is 0 Å². The summed E-state index contributed by atoms with van der Waals surface area (Å²) < 4.78 is 16.7. The Hall–Kier alpha value is -2.93. The quantitative estimate of drug-likeness (QED) is 0.799. The number of fused-ring (bicyclic) bond motifs is 4. The second-order valence-electron chi connectivity index (χ2n) is 8.33. The molecule has 0 aromatic heterocycles. The van der Waals surface area contributed by atoms with E-state index in [0.717, 1.165) is 62.7 Å². The van der Waals surface area contributed by atoms with Gasteiger partial charge >= 0.3 is 0 Å². The zero-order valence-corrected chi connectivity index (χ0v) is 18.5. The van der Waals surface area contributed by atoms with Crippen LogP contribution >= 0.6 is 0 Å². The van der Waals surface area contributed by atoms with Crippen molar-refractivity contribution in [3.63, 3.8) is 0 Å². The van der Waals surface area contributed by atoms with E-state index in [1.165, 1.54) is 11.3 Å². The summed E-state index contributed by atoms with van der Waals surface area (Å²) >= 11 is 0. The van der Waals surface area contributed by atoms with Crippen molar-refractivity contribution in [2.75, 3.05) is 52.8 Å². The molecule has 1 fully saturated rings. The molecule has 0 bridgehead atoms. The number of nitrogens with one attached hydrogen (secondary N) is 1. The molecule has 3 heterocycles. The smallest absolute Gasteiger partial charge is 0.203 e. The van der Waals surface area contributed by atoms with E-state index in [0.29, 0.717) is 11.5 Å². The molecule has 0 atom stereocenters. The average Bonchev–Trinajstić information content (AvgIpc) is 3.32. The van der Waals surface area contributed by atoms with Gasteiger partial charge in [-0.15, -0.1) is 0 Å². The first-order valence-corrected chi connectivity index (χ1v) is 10.9. The molecule has 7 heteroatoms. The molecule has 0 unspecified atom stereocenters. The van der Waals surface area contributed by atoms with Gasteiger partial charge < -0.3 is 24.4 Å². The predicted octanol–water partition coefficient (Wildman–Crippen LogP) is 3.19. The summed E-state index contributed by atoms with van der Waals surface area (Å²) in [5.74, 6) is 3.25. The van der Waals surface area contributed by atoms with Gasteiger partial charge in [-0.1, -0.05) is 18.2 Å². The van der Waals surface area contributed by atoms with Gasteiger partial charge in [-0.2, -0.15) is 0 Å². The zero-order chi connectivity index (χ0) is 21.4. The van der Waals surface area contributed by atoms with Crippen molar-refractivity contribution in [1.29, 1.82) is 0 Å². The third-order valence-electron chi connectivity index (χ3n) is 6.76. The molecule has 5 rings (SSSR count). The van der Waals surface area contributed by atoms with Gasteiger partial charge in [-0.25, -0.2) is 0 Å². The van der Waals surface area contributed by atoms with Gasteiger partial charge in [0, 0.05) is 55.8 Å². The first kappa shape index (κ1) is 20.0. The van der Waals surface area contributed by atoms with E-state index in [1.807, 2.05) is 6.07 Å². The number of para-hydroxylation sites is 1. The number of benzene rings is 2. The third-order valence-corrected chi connectivity index (χ3v) is 6.76. The minimum atomic E-state index is -0.0537. The Morgan fingerprint density at radius 3 is 2.45 bits per heavy atom. The molecule has 1 saturated heterocycles. The minimum Gasteiger partial charge on any atom is -0.493 e. The van der Waals surface area contributed by atoms with Crippen LogP contribution in [0.5, 0.6) is 17.2 Å². The molecule has 1 spiro atoms. The molecule has 3 aliphatic heterocycles. The van der Waals surface area contributed by atoms with Crippen LogP contribution in [0, 0.1) is 0 Å². The highest BCUT2D eigenvalue weighted by atomic mass is 16.5. The molecule has 2 aromatic carbocycles. The molecule has 164 valence electrons. The molecule has 0 radical (unpaired) electrons. The lowest BCUT2D eigenvalue weighted by molar-refractivity contribution is 0.0890. The largest absolute Gasteiger partial charge is 0.493 e. The standard InChI is InChI=1S/C24H30N4O3/c1-29-20-9-8-17(21(30-2)22(20)31-3)16-27-13-10-24(11-14-27)26-19-7-5-4-6-18(19)23-25-12-15-28(23)24/h4-9,26H,10-16H2,1-3H3. The highest BCUT2D eigenvalue weighted by molar-refractivity contribution is 6.06. The highest BCUT2D eigenvalue weighted by Gasteiger charge is 2.46. The second kappa shape index (κ2) is 7.96. The van der Waals surface area contributed by atoms with Gasteiger partial charge in [-0.3, -0.25) is 9.89 Å². The number of hydrogen-bond acceptors (Lipinski definition) is 7. The zero-order valence-electron chi connectivity index (χ0n) is 18.5. The summed E-state index contributed by atoms with van der Waals surface area (Å²) in [6, 6.07) is 12.6. The number of nitrogens with zero attached hydrogens (tertiary/aromatic N) is 3. The molecule has 31 heavy (non-hydrogen) atoms. The van der Waals surface area contributed by atoms with Crippen molar-refractivity contribution in [3.05, 3.63) is 47.5 Å². The summed E-state index contributed by atoms with van der Waals surface area (Å²) in [5, 5.41) is 3.88. The lowest BCUT2D eigenvalue weighted by Crippen LogP contribution is -2.63. The van der Waals surface area contributed by atoms with E-state index < -0.39 is 0 Å². The van der Waals surface area contributed by atoms with E-state index in [1.54, 1.807) is 21.3 Å². The summed E-state index contributed by atoms with van der Waals surface area (Å²) in [5.41, 5.74) is 3.49. The Bertz CT molecular complexity index is 998. The van der Waals surface area contributed by atoms with Crippen molar-refractivity contribution in [3.8, 4) is 17.2 Å². The molecule has 0 saturated carbocycles. The third kappa shape index (κ3) is 3.28. The van der Waals surface area contributed by atoms with Crippen LogP contribution in [0.15, 0.2) is 41.4 Å². The Morgan fingerprint density at radius 2 is 1.71 bits per heavy atom. The van der Waals surface area contributed by atoms with Crippen molar-refractivity contribution < 1.29 is 14.2 Å². The molecular weight excluding hydrogens is 392 g/mol. The molecule has 7 nitrogen and oxygen atoms in total. The van der Waals surface area contributed by atoms with Crippen molar-refractivity contribution >= 4 is 11.5 Å². The molecule has 0 amide bonds. The van der Waals surface area contributed by atoms with Gasteiger partial charge in [0.1, 0.15) is 11.5 Å². The maximum Gasteiger partial charge on any atom is 0.203 e. The Kier molecular flexibility index (Phi) is 5.14. The van der Waals surface area contributed by atoms with Crippen LogP contribution < -0.4 is 19.5 Å². The molecule has 1 N–H and O–H groups in total. The van der Waals surface area contributed by atoms with Gasteiger partial charge in [0.15, 0.2) is 11.5 Å². The Balaban J connectivity index is 1.34. The van der Waals surface area contributed by atoms with Crippen LogP contribution in [0.4, 0.5) is 5.69 Å². The minimum absolute atomic E-state index is 0.0537. The normalized spacial score (nSPS) is 19.3. The van der Waals surface area contributed by atoms with E-state index >= 15 is 0 Å². The topological polar surface area (TPSA) is 58.6 Å². The maximum absolute atomic E-state index is 5.69. The SMILES string of the molecule is COc1ccc(CN2CCC3(CC2)Nc2ccccc2C2=NCCN23)c(OC)c1OC. The van der Waals surface area contributed by atoms with Crippen molar-refractivity contribution in [1.82, 2.24) is 9.80 Å². The number of piperidine rings is 1. The van der Waals surface area contributed by atoms with Crippen LogP contribution in [0.1, 0.15) is 24.0 Å². The van der Waals surface area contributed by atoms with Gasteiger partial charge in [0.2, 0.25) is 5.75 Å². The van der Waals surface area contributed by atoms with Crippen molar-refractivity contribution in [2.24, 2.45) is 4.99 Å². The number of ether oxygens (including phenoxy) is 3. The first-order valence-electron chi connectivity index (χ1n) is 10.9. The van der Waals surface area contributed by atoms with E-state index in [4.69, 9.17) is 19.2 Å². The lowest BCUT2D eigenvalue weighted by atomic mass is 9.90. The van der Waals surface area contributed by atoms with Crippen LogP contribution in [0.2, 0.25) is 0 Å². The second-order valence-corrected chi connectivity index (χ2v) is 8.33. The summed E-state index contributed by atoms with van der Waals surface area (Å²) in [6.45, 7) is 4.67. The highest BCUT2D eigenvalue weighted by Crippen LogP contribution is 2.42. The van der Waals surface area contributed by atoms with Gasteiger partial charge in [0.25, 0.3) is 0 Å². The fourth-order valence-electron chi connectivity index (χ4n) is 5.20. The molecule has 2 aromatic rings. The maximum atomic E-state index is 5.69. The van der Waals surface area contributed by atoms with Crippen LogP contribution in [-0.4, -0.2) is 68.8 Å². The average molecular weight is 423 g/mol. The van der Waals surface area contributed by atoms with Gasteiger partial charge in [-0.05, 0) is 18.2 Å². The summed E-state index contributed by atoms with van der Waals surface area (Å²) in [6.07, 6.45) is 2.08. The Morgan fingerprint density at radius 1 is 0.935 bits per heavy atom. The fraction of sp³-hybridized carbons (Fsp3) is 0.458. The van der Waals surface area contributed by atoms with E-state index in [-0.39, 0.29) is 5.66 Å². The van der Waals surface area contributed by atoms with E-state index in [2.05, 4.69) is 45.4 Å². The number of likely N-dealkylation sites (tertiary alicyclic amines) is 1. The number of rotatable bonds is 5. The van der Waals surface area contributed by atoms with Crippen molar-refractivity contribution in [2.45, 2.75) is 25.0 Å². The van der Waals surface area contributed by atoms with Crippen LogP contribution in [0.25, 0.3) is 0 Å². The number of hydrogen-bond donors (Lipinski definition) is 1. The predicted molar refractivity (Wildman–Crippen MR) is 122 cm³/mol. The number of aliphatic imine (C=N–C) groups is 1. The lowest BCUT2D eigenvalue weighted by Gasteiger charge is -2.52. The Labute approximate surface area is 183 Å². The van der Waals surface area contributed by atoms with Gasteiger partial charge in [0.05, 0.1) is 27.9 Å². The number of anilines is 1. The monoisotopic (exact) mass is 422 g/mol. The fourth-order valence-corrected chi connectivity index (χ4v) is 5.20. The molecule has 3 aliphatic rings. The van der Waals surface area contributed by atoms with Crippen LogP contribution in [0.3, 0.4) is 0 Å².